The van der Waals surface area contributed by atoms with Gasteiger partial charge in [0, 0.05) is 29.4 Å². The Morgan fingerprint density at radius 1 is 1.18 bits per heavy atom. The molecule has 0 saturated carbocycles. The van der Waals surface area contributed by atoms with Gasteiger partial charge in [-0.25, -0.2) is 0 Å². The van der Waals surface area contributed by atoms with Gasteiger partial charge < -0.3 is 9.84 Å². The molecule has 0 bridgehead atoms. The molecule has 3 aromatic rings. The molecule has 2 heterocycles. The highest BCUT2D eigenvalue weighted by atomic mass is 35.5. The molecule has 6 heteroatoms. The molecular formula is C16H14ClN3O2. The average molecular weight is 316 g/mol. The van der Waals surface area contributed by atoms with E-state index in [4.69, 9.17) is 16.3 Å². The third-order valence-corrected chi connectivity index (χ3v) is 3.45. The molecule has 0 fully saturated rings. The Hall–Kier alpha value is -2.37. The summed E-state index contributed by atoms with van der Waals surface area (Å²) in [7, 11) is 0. The van der Waals surface area contributed by atoms with Gasteiger partial charge in [0.1, 0.15) is 5.75 Å². The van der Waals surface area contributed by atoms with E-state index >= 15 is 0 Å². The van der Waals surface area contributed by atoms with Crippen molar-refractivity contribution in [3.8, 4) is 11.6 Å². The van der Waals surface area contributed by atoms with Crippen LogP contribution in [0.5, 0.6) is 11.6 Å². The first-order valence-corrected chi connectivity index (χ1v) is 7.13. The molecular weight excluding hydrogens is 302 g/mol. The lowest BCUT2D eigenvalue weighted by Gasteiger charge is -2.07. The van der Waals surface area contributed by atoms with Crippen molar-refractivity contribution >= 4 is 11.6 Å². The zero-order valence-electron chi connectivity index (χ0n) is 11.7. The van der Waals surface area contributed by atoms with E-state index in [1.165, 1.54) is 0 Å². The zero-order valence-corrected chi connectivity index (χ0v) is 12.4. The van der Waals surface area contributed by atoms with Crippen molar-refractivity contribution in [1.82, 2.24) is 15.2 Å². The van der Waals surface area contributed by atoms with Gasteiger partial charge in [-0.2, -0.15) is 0 Å². The number of rotatable bonds is 5. The van der Waals surface area contributed by atoms with Crippen molar-refractivity contribution in [2.45, 2.75) is 13.0 Å². The largest absolute Gasteiger partial charge is 0.437 e. The predicted octanol–water partition coefficient (Wildman–Crippen LogP) is 3.33. The van der Waals surface area contributed by atoms with Gasteiger partial charge in [-0.3, -0.25) is 10.1 Å². The van der Waals surface area contributed by atoms with E-state index in [1.807, 2.05) is 12.1 Å². The maximum Gasteiger partial charge on any atom is 0.241 e. The normalized spacial score (nSPS) is 10.6. The molecule has 0 amide bonds. The van der Waals surface area contributed by atoms with Crippen LogP contribution in [0.4, 0.5) is 0 Å². The van der Waals surface area contributed by atoms with E-state index in [1.54, 1.807) is 36.7 Å². The fourth-order valence-electron chi connectivity index (χ4n) is 2.13. The second kappa shape index (κ2) is 6.60. The lowest BCUT2D eigenvalue weighted by atomic mass is 10.1. The number of aliphatic hydroxyl groups is 1. The van der Waals surface area contributed by atoms with Gasteiger partial charge in [0.05, 0.1) is 12.3 Å². The molecule has 2 aromatic heterocycles. The third kappa shape index (κ3) is 3.27. The molecule has 22 heavy (non-hydrogen) atoms. The first kappa shape index (κ1) is 14.6. The summed E-state index contributed by atoms with van der Waals surface area (Å²) in [4.78, 5) is 4.00. The third-order valence-electron chi connectivity index (χ3n) is 3.21. The Morgan fingerprint density at radius 2 is 2.00 bits per heavy atom. The minimum absolute atomic E-state index is 0.133. The first-order chi connectivity index (χ1) is 10.8. The summed E-state index contributed by atoms with van der Waals surface area (Å²) in [6.45, 7) is -0.133. The molecule has 5 nitrogen and oxygen atoms in total. The van der Waals surface area contributed by atoms with E-state index in [0.29, 0.717) is 28.8 Å². The molecule has 0 aliphatic rings. The van der Waals surface area contributed by atoms with Crippen molar-refractivity contribution in [1.29, 1.82) is 0 Å². The summed E-state index contributed by atoms with van der Waals surface area (Å²) >= 11 is 5.96. The average Bonchev–Trinajstić information content (AvgIpc) is 2.90. The lowest BCUT2D eigenvalue weighted by molar-refractivity contribution is 0.275. The highest BCUT2D eigenvalue weighted by Gasteiger charge is 2.15. The fourth-order valence-corrected chi connectivity index (χ4v) is 2.31. The molecule has 2 N–H and O–H groups in total. The number of aliphatic hydroxyl groups excluding tert-OH is 1. The van der Waals surface area contributed by atoms with Gasteiger partial charge in [0.2, 0.25) is 5.88 Å². The SMILES string of the molecule is OCc1[nH]nc(Oc2cccc(Cl)c2)c1Cc1ccncc1. The maximum absolute atomic E-state index is 9.46. The van der Waals surface area contributed by atoms with Crippen LogP contribution in [0.2, 0.25) is 5.02 Å². The monoisotopic (exact) mass is 315 g/mol. The second-order valence-corrected chi connectivity index (χ2v) is 5.17. The van der Waals surface area contributed by atoms with Crippen LogP contribution >= 0.6 is 11.6 Å². The highest BCUT2D eigenvalue weighted by Crippen LogP contribution is 2.28. The molecule has 0 spiro atoms. The Labute approximate surface area is 132 Å². The Balaban J connectivity index is 1.90. The molecule has 0 radical (unpaired) electrons. The van der Waals surface area contributed by atoms with Crippen molar-refractivity contribution in [3.63, 3.8) is 0 Å². The molecule has 0 saturated heterocycles. The number of benzene rings is 1. The lowest BCUT2D eigenvalue weighted by Crippen LogP contribution is -1.96. The number of ether oxygens (including phenoxy) is 1. The topological polar surface area (TPSA) is 71.0 Å². The molecule has 3 rings (SSSR count). The quantitative estimate of drug-likeness (QED) is 0.757. The van der Waals surface area contributed by atoms with Crippen molar-refractivity contribution in [2.24, 2.45) is 0 Å². The van der Waals surface area contributed by atoms with Crippen LogP contribution in [-0.4, -0.2) is 20.3 Å². The summed E-state index contributed by atoms with van der Waals surface area (Å²) in [5.74, 6) is 1.03. The van der Waals surface area contributed by atoms with Crippen LogP contribution in [0.3, 0.4) is 0 Å². The Bertz CT molecular complexity index is 759. The predicted molar refractivity (Wildman–Crippen MR) is 83.1 cm³/mol. The summed E-state index contributed by atoms with van der Waals surface area (Å²) in [6, 6.07) is 10.9. The maximum atomic E-state index is 9.46. The standard InChI is InChI=1S/C16H14ClN3O2/c17-12-2-1-3-13(9-12)22-16-14(15(10-21)19-20-16)8-11-4-6-18-7-5-11/h1-7,9,21H,8,10H2,(H,19,20). The van der Waals surface area contributed by atoms with Gasteiger partial charge in [-0.1, -0.05) is 17.7 Å². The Kier molecular flexibility index (Phi) is 4.37. The van der Waals surface area contributed by atoms with E-state index in [-0.39, 0.29) is 6.61 Å². The van der Waals surface area contributed by atoms with E-state index in [9.17, 15) is 5.11 Å². The molecule has 0 atom stereocenters. The number of aromatic nitrogens is 3. The fraction of sp³-hybridized carbons (Fsp3) is 0.125. The van der Waals surface area contributed by atoms with Crippen molar-refractivity contribution < 1.29 is 9.84 Å². The number of halogens is 1. The van der Waals surface area contributed by atoms with Gasteiger partial charge in [0.15, 0.2) is 0 Å². The number of aromatic amines is 1. The van der Waals surface area contributed by atoms with E-state index < -0.39 is 0 Å². The number of hydrogen-bond acceptors (Lipinski definition) is 4. The van der Waals surface area contributed by atoms with Crippen LogP contribution in [0.25, 0.3) is 0 Å². The number of pyridine rings is 1. The van der Waals surface area contributed by atoms with Crippen LogP contribution in [-0.2, 0) is 13.0 Å². The molecule has 0 aliphatic carbocycles. The molecule has 0 unspecified atom stereocenters. The highest BCUT2D eigenvalue weighted by molar-refractivity contribution is 6.30. The van der Waals surface area contributed by atoms with Gasteiger partial charge in [0.25, 0.3) is 0 Å². The minimum atomic E-state index is -0.133. The van der Waals surface area contributed by atoms with Crippen LogP contribution in [0.15, 0.2) is 48.8 Å². The van der Waals surface area contributed by atoms with E-state index in [2.05, 4.69) is 15.2 Å². The summed E-state index contributed by atoms with van der Waals surface area (Å²) < 4.78 is 5.79. The van der Waals surface area contributed by atoms with Gasteiger partial charge >= 0.3 is 0 Å². The van der Waals surface area contributed by atoms with Crippen LogP contribution in [0.1, 0.15) is 16.8 Å². The van der Waals surface area contributed by atoms with Crippen molar-refractivity contribution in [2.75, 3.05) is 0 Å². The first-order valence-electron chi connectivity index (χ1n) is 6.75. The summed E-state index contributed by atoms with van der Waals surface area (Å²) in [5.41, 5.74) is 2.50. The summed E-state index contributed by atoms with van der Waals surface area (Å²) in [5, 5.41) is 17.0. The molecule has 1 aromatic carbocycles. The Morgan fingerprint density at radius 3 is 2.73 bits per heavy atom. The van der Waals surface area contributed by atoms with Gasteiger partial charge in [-0.05, 0) is 35.9 Å². The number of hydrogen-bond donors (Lipinski definition) is 2. The zero-order chi connectivity index (χ0) is 15.4. The molecule has 0 aliphatic heterocycles. The second-order valence-electron chi connectivity index (χ2n) is 4.74. The number of nitrogens with one attached hydrogen (secondary N) is 1. The minimum Gasteiger partial charge on any atom is -0.437 e. The van der Waals surface area contributed by atoms with Gasteiger partial charge in [-0.15, -0.1) is 5.10 Å². The van der Waals surface area contributed by atoms with E-state index in [0.717, 1.165) is 11.1 Å². The number of nitrogens with zero attached hydrogens (tertiary/aromatic N) is 2. The molecule has 112 valence electrons. The van der Waals surface area contributed by atoms with Crippen LogP contribution < -0.4 is 4.74 Å². The summed E-state index contributed by atoms with van der Waals surface area (Å²) in [6.07, 6.45) is 4.04. The smallest absolute Gasteiger partial charge is 0.241 e. The number of H-pyrrole nitrogens is 1. The van der Waals surface area contributed by atoms with Crippen molar-refractivity contribution in [3.05, 3.63) is 70.6 Å². The van der Waals surface area contributed by atoms with Crippen LogP contribution in [0, 0.1) is 0 Å².